The number of aryl methyl sites for hydroxylation is 3. The Balaban J connectivity index is 0.000000193. The van der Waals surface area contributed by atoms with E-state index in [2.05, 4.69) is 29.9 Å². The van der Waals surface area contributed by atoms with Crippen LogP contribution in [-0.4, -0.2) is 85.8 Å². The summed E-state index contributed by atoms with van der Waals surface area (Å²) in [7, 11) is 9.56. The van der Waals surface area contributed by atoms with E-state index in [-0.39, 0.29) is 5.82 Å². The number of aromatic nitrogens is 6. The Bertz CT molecular complexity index is 2270. The van der Waals surface area contributed by atoms with Gasteiger partial charge >= 0.3 is 0 Å². The Morgan fingerprint density at radius 1 is 0.483 bits per heavy atom. The van der Waals surface area contributed by atoms with Crippen LogP contribution in [0.1, 0.15) is 30.5 Å². The van der Waals surface area contributed by atoms with E-state index >= 15 is 0 Å². The molecule has 3 aromatic carbocycles. The van der Waals surface area contributed by atoms with Crippen molar-refractivity contribution in [2.75, 3.05) is 61.6 Å². The molecule has 0 unspecified atom stereocenters. The number of rotatable bonds is 13. The zero-order valence-electron chi connectivity index (χ0n) is 34.9. The van der Waals surface area contributed by atoms with Gasteiger partial charge in [0, 0.05) is 16.7 Å². The van der Waals surface area contributed by atoms with Crippen LogP contribution in [0.2, 0.25) is 0 Å². The molecule has 58 heavy (non-hydrogen) atoms. The largest absolute Gasteiger partial charge is 0.494 e. The van der Waals surface area contributed by atoms with Crippen molar-refractivity contribution in [3.05, 3.63) is 90.1 Å². The summed E-state index contributed by atoms with van der Waals surface area (Å²) in [6.07, 6.45) is 8.19. The Morgan fingerprint density at radius 3 is 1.38 bits per heavy atom. The van der Waals surface area contributed by atoms with Gasteiger partial charge in [0.05, 0.1) is 104 Å². The molecule has 0 saturated heterocycles. The van der Waals surface area contributed by atoms with Crippen molar-refractivity contribution in [3.63, 3.8) is 0 Å². The Morgan fingerprint density at radius 2 is 0.931 bits per heavy atom. The number of methoxy groups -OCH3 is 6. The second-order valence-corrected chi connectivity index (χ2v) is 12.2. The van der Waals surface area contributed by atoms with E-state index in [1.54, 1.807) is 73.6 Å². The Hall–Kier alpha value is -6.90. The Kier molecular flexibility index (Phi) is 16.2. The second kappa shape index (κ2) is 21.4. The van der Waals surface area contributed by atoms with Gasteiger partial charge in [0.15, 0.2) is 28.8 Å². The zero-order chi connectivity index (χ0) is 42.2. The maximum absolute atomic E-state index is 5.75. The number of benzene rings is 3. The average molecular weight is 794 g/mol. The molecule has 0 bridgehead atoms. The minimum absolute atomic E-state index is 0.277. The molecule has 0 atom stereocenters. The van der Waals surface area contributed by atoms with Crippen molar-refractivity contribution in [3.8, 4) is 80.2 Å². The van der Waals surface area contributed by atoms with Crippen molar-refractivity contribution in [1.82, 2.24) is 29.9 Å². The maximum Gasteiger partial charge on any atom is 0.257 e. The molecule has 15 heteroatoms. The maximum atomic E-state index is 5.75. The minimum Gasteiger partial charge on any atom is -0.494 e. The third-order valence-electron chi connectivity index (χ3n) is 8.50. The topological polar surface area (TPSA) is 177 Å². The number of nitrogens with two attached hydrogens (primary N) is 1. The molecule has 0 radical (unpaired) electrons. The molecule has 3 heterocycles. The van der Waals surface area contributed by atoms with Gasteiger partial charge in [-0.2, -0.15) is 0 Å². The van der Waals surface area contributed by atoms with E-state index in [9.17, 15) is 0 Å². The molecule has 6 rings (SSSR count). The van der Waals surface area contributed by atoms with Gasteiger partial charge in [-0.3, -0.25) is 9.97 Å². The highest BCUT2D eigenvalue weighted by atomic mass is 16.5. The van der Waals surface area contributed by atoms with Crippen LogP contribution in [0.5, 0.6) is 46.4 Å². The predicted molar refractivity (Wildman–Crippen MR) is 223 cm³/mol. The summed E-state index contributed by atoms with van der Waals surface area (Å²) < 4.78 is 42.2. The lowest BCUT2D eigenvalue weighted by Crippen LogP contribution is -2.03. The first-order valence-corrected chi connectivity index (χ1v) is 18.2. The summed E-state index contributed by atoms with van der Waals surface area (Å²) in [6.45, 7) is 10.9. The van der Waals surface area contributed by atoms with Gasteiger partial charge in [-0.15, -0.1) is 0 Å². The van der Waals surface area contributed by atoms with Gasteiger partial charge in [0.2, 0.25) is 11.8 Å². The quantitative estimate of drug-likeness (QED) is 0.120. The van der Waals surface area contributed by atoms with Crippen molar-refractivity contribution < 1.29 is 37.9 Å². The molecule has 6 aromatic rings. The first-order valence-electron chi connectivity index (χ1n) is 18.2. The summed E-state index contributed by atoms with van der Waals surface area (Å²) in [6, 6.07) is 13.5. The fourth-order valence-electron chi connectivity index (χ4n) is 5.55. The van der Waals surface area contributed by atoms with E-state index < -0.39 is 0 Å². The number of anilines is 1. The van der Waals surface area contributed by atoms with Crippen molar-refractivity contribution in [1.29, 1.82) is 0 Å². The zero-order valence-corrected chi connectivity index (χ0v) is 34.9. The van der Waals surface area contributed by atoms with Crippen LogP contribution < -0.4 is 43.6 Å². The fraction of sp³-hybridized carbons (Fsp3) is 0.302. The molecule has 306 valence electrons. The minimum atomic E-state index is 0.277. The van der Waals surface area contributed by atoms with Crippen molar-refractivity contribution >= 4 is 5.82 Å². The molecule has 15 nitrogen and oxygen atoms in total. The number of nitrogen functional groups attached to an aromatic ring is 1. The first-order chi connectivity index (χ1) is 28.0. The smallest absolute Gasteiger partial charge is 0.257 e. The normalized spacial score (nSPS) is 10.2. The SMILES string of the molecule is CCOc1ccc(C)c(-c2cncc(OC)n2)c1.CCOc1nc(-c2cc(OC)c(OC)cc2C)cnc1N.COc1cncc(-c2cc(OC)c(OC)cc2C)n1. The van der Waals surface area contributed by atoms with Gasteiger partial charge in [-0.1, -0.05) is 6.07 Å². The van der Waals surface area contributed by atoms with Crippen molar-refractivity contribution in [2.45, 2.75) is 34.6 Å². The Labute approximate surface area is 339 Å². The molecule has 0 amide bonds. The van der Waals surface area contributed by atoms with E-state index in [0.29, 0.717) is 59.5 Å². The van der Waals surface area contributed by atoms with Crippen LogP contribution in [0.15, 0.2) is 73.4 Å². The molecule has 0 saturated carbocycles. The lowest BCUT2D eigenvalue weighted by atomic mass is 10.0. The molecular formula is C43H51N7O8. The monoisotopic (exact) mass is 793 g/mol. The predicted octanol–water partition coefficient (Wildman–Crippen LogP) is 7.79. The van der Waals surface area contributed by atoms with Crippen molar-refractivity contribution in [2.24, 2.45) is 0 Å². The molecule has 3 aromatic heterocycles. The highest BCUT2D eigenvalue weighted by molar-refractivity contribution is 5.70. The number of hydrogen-bond donors (Lipinski definition) is 1. The van der Waals surface area contributed by atoms with Crippen LogP contribution in [-0.2, 0) is 0 Å². The summed E-state index contributed by atoms with van der Waals surface area (Å²) in [4.78, 5) is 25.5. The number of nitrogens with zero attached hydrogens (tertiary/aromatic N) is 6. The molecule has 0 fully saturated rings. The molecular weight excluding hydrogens is 743 g/mol. The molecule has 0 spiro atoms. The van der Waals surface area contributed by atoms with Crippen LogP contribution >= 0.6 is 0 Å². The van der Waals surface area contributed by atoms with E-state index in [1.807, 2.05) is 77.1 Å². The lowest BCUT2D eigenvalue weighted by molar-refractivity contribution is 0.328. The summed E-state index contributed by atoms with van der Waals surface area (Å²) >= 11 is 0. The van der Waals surface area contributed by atoms with Gasteiger partial charge < -0.3 is 43.6 Å². The van der Waals surface area contributed by atoms with E-state index in [1.165, 1.54) is 0 Å². The molecule has 2 N–H and O–H groups in total. The van der Waals surface area contributed by atoms with E-state index in [4.69, 9.17) is 43.6 Å². The highest BCUT2D eigenvalue weighted by Gasteiger charge is 2.15. The van der Waals surface area contributed by atoms with Crippen LogP contribution in [0, 0.1) is 20.8 Å². The van der Waals surface area contributed by atoms with Gasteiger partial charge in [-0.05, 0) is 87.7 Å². The van der Waals surface area contributed by atoms with E-state index in [0.717, 1.165) is 50.5 Å². The third kappa shape index (κ3) is 11.1. The summed E-state index contributed by atoms with van der Waals surface area (Å²) in [5.74, 6) is 5.10. The molecule has 0 aliphatic heterocycles. The summed E-state index contributed by atoms with van der Waals surface area (Å²) in [5, 5.41) is 0. The third-order valence-corrected chi connectivity index (χ3v) is 8.50. The first kappa shape index (κ1) is 43.8. The average Bonchev–Trinajstić information content (AvgIpc) is 3.25. The number of ether oxygens (including phenoxy) is 8. The van der Waals surface area contributed by atoms with Crippen LogP contribution in [0.4, 0.5) is 5.82 Å². The fourth-order valence-corrected chi connectivity index (χ4v) is 5.55. The second-order valence-electron chi connectivity index (χ2n) is 12.2. The lowest BCUT2D eigenvalue weighted by Gasteiger charge is -2.13. The molecule has 0 aliphatic rings. The standard InChI is InChI=1S/C15H19N3O3.C14H16N2O3.C14H16N2O2/c1-5-21-15-14(16)17-8-11(18-15)10-7-13(20-4)12(19-3)6-9(10)2;1-9-5-12(17-2)13(18-3)6-10(9)11-7-15-8-14(16-11)19-4;1-4-18-11-6-5-10(2)12(7-11)13-8-15-9-14(16-13)17-3/h6-8H,5H2,1-4H3,(H2,16,17);5-8H,1-4H3;5-9H,4H2,1-3H3. The van der Waals surface area contributed by atoms with Gasteiger partial charge in [-0.25, -0.2) is 19.9 Å². The van der Waals surface area contributed by atoms with Gasteiger partial charge in [0.1, 0.15) is 5.75 Å². The van der Waals surface area contributed by atoms with Crippen LogP contribution in [0.3, 0.4) is 0 Å². The highest BCUT2D eigenvalue weighted by Crippen LogP contribution is 2.36. The van der Waals surface area contributed by atoms with Gasteiger partial charge in [0.25, 0.3) is 5.88 Å². The molecule has 0 aliphatic carbocycles. The summed E-state index contributed by atoms with van der Waals surface area (Å²) in [5.41, 5.74) is 13.9. The number of hydrogen-bond acceptors (Lipinski definition) is 15. The van der Waals surface area contributed by atoms with Crippen LogP contribution in [0.25, 0.3) is 33.8 Å².